The second-order valence-corrected chi connectivity index (χ2v) is 13.2. The van der Waals surface area contributed by atoms with E-state index in [9.17, 15) is 18.3 Å². The number of hydrogen-bond acceptors (Lipinski definition) is 6. The van der Waals surface area contributed by atoms with Crippen molar-refractivity contribution in [3.63, 3.8) is 0 Å². The Bertz CT molecular complexity index is 1280. The summed E-state index contributed by atoms with van der Waals surface area (Å²) in [5, 5.41) is 10.1. The van der Waals surface area contributed by atoms with Crippen LogP contribution in [0.15, 0.2) is 42.5 Å². The van der Waals surface area contributed by atoms with Gasteiger partial charge >= 0.3 is 5.97 Å². The van der Waals surface area contributed by atoms with Gasteiger partial charge in [0.2, 0.25) is 10.0 Å². The Morgan fingerprint density at radius 3 is 2.27 bits per heavy atom. The summed E-state index contributed by atoms with van der Waals surface area (Å²) in [6.07, 6.45) is 0.0150. The van der Waals surface area contributed by atoms with E-state index >= 15 is 0 Å². The van der Waals surface area contributed by atoms with Gasteiger partial charge in [0.15, 0.2) is 10.5 Å². The lowest BCUT2D eigenvalue weighted by molar-refractivity contribution is -0.159. The average Bonchev–Trinajstić information content (AvgIpc) is 3.36. The number of hydrogen-bond donors (Lipinski definition) is 1. The summed E-state index contributed by atoms with van der Waals surface area (Å²) in [4.78, 5) is 12.4. The zero-order valence-corrected chi connectivity index (χ0v) is 22.6. The first kappa shape index (κ1) is 26.2. The van der Waals surface area contributed by atoms with Crippen molar-refractivity contribution in [2.45, 2.75) is 75.1 Å². The van der Waals surface area contributed by atoms with Crippen LogP contribution in [0.4, 0.5) is 0 Å². The molecule has 9 heteroatoms. The van der Waals surface area contributed by atoms with Gasteiger partial charge in [0, 0.05) is 25.9 Å². The zero-order valence-electron chi connectivity index (χ0n) is 21.8. The van der Waals surface area contributed by atoms with Crippen LogP contribution in [0.5, 0.6) is 5.75 Å². The third-order valence-electron chi connectivity index (χ3n) is 8.13. The minimum absolute atomic E-state index is 0.0936. The summed E-state index contributed by atoms with van der Waals surface area (Å²) < 4.78 is 43.9. The number of nitrogens with zero attached hydrogens (tertiary/aromatic N) is 1. The van der Waals surface area contributed by atoms with E-state index in [1.165, 1.54) is 9.87 Å². The molecule has 1 N–H and O–H groups in total. The molecule has 0 radical (unpaired) electrons. The molecule has 3 atom stereocenters. The largest absolute Gasteiger partial charge is 0.497 e. The Labute approximate surface area is 218 Å². The van der Waals surface area contributed by atoms with Gasteiger partial charge in [-0.1, -0.05) is 30.3 Å². The van der Waals surface area contributed by atoms with Crippen molar-refractivity contribution in [1.29, 1.82) is 0 Å². The molecule has 0 spiro atoms. The van der Waals surface area contributed by atoms with Crippen molar-refractivity contribution in [2.24, 2.45) is 0 Å². The highest BCUT2D eigenvalue weighted by Gasteiger charge is 2.65. The Balaban J connectivity index is 1.30. The predicted octanol–water partition coefficient (Wildman–Crippen LogP) is 4.32. The lowest BCUT2D eigenvalue weighted by atomic mass is 9.87. The monoisotopic (exact) mass is 529 g/mol. The van der Waals surface area contributed by atoms with Gasteiger partial charge in [0.05, 0.1) is 19.3 Å². The number of aliphatic carboxylic acids is 1. The number of benzene rings is 2. The number of ether oxygens (including phenoxy) is 3. The number of methoxy groups -OCH3 is 1. The average molecular weight is 530 g/mol. The van der Waals surface area contributed by atoms with Crippen LogP contribution in [0.25, 0.3) is 11.1 Å². The molecule has 2 aliphatic heterocycles. The van der Waals surface area contributed by atoms with Crippen LogP contribution in [0.1, 0.15) is 56.6 Å². The SMILES string of the molecule is COc1cccc(-c2ccc(C3CCN(S(=O)(=O)[C@@]4(C(=O)O)C[C@@H]5OC(C)(C)O[C@@H]5C4)CC3)cc2C)c1. The fourth-order valence-corrected chi connectivity index (χ4v) is 8.37. The van der Waals surface area contributed by atoms with Crippen LogP contribution >= 0.6 is 0 Å². The molecular formula is C28H35NO7S. The molecule has 2 heterocycles. The number of fused-ring (bicyclic) bond motifs is 1. The maximum absolute atomic E-state index is 13.7. The van der Waals surface area contributed by atoms with Crippen LogP contribution in [-0.2, 0) is 24.3 Å². The number of piperidine rings is 1. The van der Waals surface area contributed by atoms with Gasteiger partial charge in [-0.3, -0.25) is 4.79 Å². The van der Waals surface area contributed by atoms with Crippen molar-refractivity contribution in [3.8, 4) is 16.9 Å². The van der Waals surface area contributed by atoms with E-state index < -0.39 is 38.7 Å². The van der Waals surface area contributed by atoms with Crippen molar-refractivity contribution >= 4 is 16.0 Å². The number of carboxylic acid groups (broad SMARTS) is 1. The van der Waals surface area contributed by atoms with E-state index in [0.29, 0.717) is 25.9 Å². The summed E-state index contributed by atoms with van der Waals surface area (Å²) in [6.45, 7) is 6.19. The van der Waals surface area contributed by atoms with Crippen LogP contribution < -0.4 is 4.74 Å². The highest BCUT2D eigenvalue weighted by atomic mass is 32.2. The van der Waals surface area contributed by atoms with Gasteiger partial charge in [0.25, 0.3) is 0 Å². The second-order valence-electron chi connectivity index (χ2n) is 10.9. The van der Waals surface area contributed by atoms with Gasteiger partial charge in [0.1, 0.15) is 5.75 Å². The van der Waals surface area contributed by atoms with E-state index in [4.69, 9.17) is 14.2 Å². The number of carbonyl (C=O) groups is 1. The molecule has 1 saturated carbocycles. The smallest absolute Gasteiger partial charge is 0.326 e. The fourth-order valence-electron chi connectivity index (χ4n) is 6.22. The van der Waals surface area contributed by atoms with Crippen molar-refractivity contribution in [1.82, 2.24) is 4.31 Å². The lowest BCUT2D eigenvalue weighted by Crippen LogP contribution is -2.54. The van der Waals surface area contributed by atoms with Crippen molar-refractivity contribution in [3.05, 3.63) is 53.6 Å². The second kappa shape index (κ2) is 9.38. The summed E-state index contributed by atoms with van der Waals surface area (Å²) >= 11 is 0. The van der Waals surface area contributed by atoms with Gasteiger partial charge in [-0.15, -0.1) is 0 Å². The van der Waals surface area contributed by atoms with Gasteiger partial charge in [-0.05, 0) is 73.9 Å². The van der Waals surface area contributed by atoms with Crippen LogP contribution in [0.2, 0.25) is 0 Å². The maximum atomic E-state index is 13.7. The predicted molar refractivity (Wildman–Crippen MR) is 139 cm³/mol. The first-order chi connectivity index (χ1) is 17.5. The molecule has 8 nitrogen and oxygen atoms in total. The van der Waals surface area contributed by atoms with E-state index in [0.717, 1.165) is 22.4 Å². The first-order valence-electron chi connectivity index (χ1n) is 12.8. The van der Waals surface area contributed by atoms with Crippen LogP contribution in [-0.4, -0.2) is 66.7 Å². The molecule has 5 rings (SSSR count). The first-order valence-corrected chi connectivity index (χ1v) is 14.2. The van der Waals surface area contributed by atoms with Gasteiger partial charge < -0.3 is 19.3 Å². The molecule has 1 aliphatic carbocycles. The standard InChI is InChI=1S/C28H35NO7S/c1-18-14-20(8-9-23(18)21-6-5-7-22(15-21)34-4)19-10-12-29(13-11-19)37(32,33)28(26(30)31)16-24-25(17-28)36-27(2,3)35-24/h5-9,14-15,19,24-25H,10-13,16-17H2,1-4H3,(H,30,31)/t24-,25+,28-. The Kier molecular flexibility index (Phi) is 6.63. The molecule has 2 saturated heterocycles. The molecular weight excluding hydrogens is 494 g/mol. The minimum atomic E-state index is -4.10. The van der Waals surface area contributed by atoms with E-state index in [1.807, 2.05) is 18.2 Å². The molecule has 2 aromatic rings. The van der Waals surface area contributed by atoms with Gasteiger partial charge in [-0.25, -0.2) is 12.7 Å². The van der Waals surface area contributed by atoms with Crippen LogP contribution in [0.3, 0.4) is 0 Å². The number of rotatable bonds is 6. The summed E-state index contributed by atoms with van der Waals surface area (Å²) in [5.74, 6) is -1.14. The summed E-state index contributed by atoms with van der Waals surface area (Å²) in [7, 11) is -2.45. The molecule has 3 fully saturated rings. The number of sulfonamides is 1. The van der Waals surface area contributed by atoms with Crippen LogP contribution in [0, 0.1) is 6.92 Å². The Hall–Kier alpha value is -2.46. The highest BCUT2D eigenvalue weighted by Crippen LogP contribution is 2.48. The lowest BCUT2D eigenvalue weighted by Gasteiger charge is -2.37. The summed E-state index contributed by atoms with van der Waals surface area (Å²) in [6, 6.07) is 14.4. The molecule has 37 heavy (non-hydrogen) atoms. The zero-order chi connectivity index (χ0) is 26.6. The quantitative estimate of drug-likeness (QED) is 0.595. The number of aryl methyl sites for hydroxylation is 1. The molecule has 0 amide bonds. The molecule has 0 aromatic heterocycles. The molecule has 2 aromatic carbocycles. The minimum Gasteiger partial charge on any atom is -0.497 e. The van der Waals surface area contributed by atoms with Crippen molar-refractivity contribution < 1.29 is 32.5 Å². The Morgan fingerprint density at radius 2 is 1.70 bits per heavy atom. The van der Waals surface area contributed by atoms with E-state index in [1.54, 1.807) is 21.0 Å². The molecule has 0 unspecified atom stereocenters. The van der Waals surface area contributed by atoms with Crippen molar-refractivity contribution in [2.75, 3.05) is 20.2 Å². The van der Waals surface area contributed by atoms with E-state index in [2.05, 4.69) is 31.2 Å². The Morgan fingerprint density at radius 1 is 1.05 bits per heavy atom. The third-order valence-corrected chi connectivity index (χ3v) is 10.7. The fraction of sp³-hybridized carbons (Fsp3) is 0.536. The van der Waals surface area contributed by atoms with Gasteiger partial charge in [-0.2, -0.15) is 0 Å². The summed E-state index contributed by atoms with van der Waals surface area (Å²) in [5.41, 5.74) is 4.53. The highest BCUT2D eigenvalue weighted by molar-refractivity contribution is 7.91. The van der Waals surface area contributed by atoms with E-state index in [-0.39, 0.29) is 18.8 Å². The topological polar surface area (TPSA) is 102 Å². The molecule has 0 bridgehead atoms. The molecule has 3 aliphatic rings. The molecule has 200 valence electrons. The maximum Gasteiger partial charge on any atom is 0.326 e. The normalized spacial score (nSPS) is 28.2. The third kappa shape index (κ3) is 4.56. The number of carboxylic acids is 1.